The van der Waals surface area contributed by atoms with Gasteiger partial charge in [0.15, 0.2) is 17.3 Å². The first-order valence-electron chi connectivity index (χ1n) is 7.72. The first-order valence-corrected chi connectivity index (χ1v) is 7.72. The van der Waals surface area contributed by atoms with Gasteiger partial charge in [0.1, 0.15) is 0 Å². The number of hydrogen-bond donors (Lipinski definition) is 3. The third-order valence-electron chi connectivity index (χ3n) is 3.47. The van der Waals surface area contributed by atoms with Crippen LogP contribution in [-0.4, -0.2) is 30.8 Å². The van der Waals surface area contributed by atoms with Crippen LogP contribution in [0.3, 0.4) is 0 Å². The molecule has 148 valence electrons. The van der Waals surface area contributed by atoms with Crippen molar-refractivity contribution in [3.63, 3.8) is 0 Å². The third-order valence-corrected chi connectivity index (χ3v) is 3.47. The second-order valence-electron chi connectivity index (χ2n) is 5.41. The van der Waals surface area contributed by atoms with Crippen molar-refractivity contribution in [1.82, 2.24) is 4.98 Å². The normalized spacial score (nSPS) is 14.1. The Balaban J connectivity index is 1.73. The van der Waals surface area contributed by atoms with E-state index in [4.69, 9.17) is 25.7 Å². The van der Waals surface area contributed by atoms with E-state index in [0.29, 0.717) is 29.1 Å². The van der Waals surface area contributed by atoms with Gasteiger partial charge in [0, 0.05) is 24.0 Å². The zero-order valence-corrected chi connectivity index (χ0v) is 14.4. The number of nitrogens with two attached hydrogens (primary N) is 2. The van der Waals surface area contributed by atoms with Crippen molar-refractivity contribution < 1.29 is 27.4 Å². The molecule has 12 heteroatoms. The molecule has 0 aliphatic carbocycles. The number of halogens is 3. The van der Waals surface area contributed by atoms with Gasteiger partial charge in [-0.1, -0.05) is 0 Å². The van der Waals surface area contributed by atoms with E-state index in [1.165, 1.54) is 7.11 Å². The molecule has 0 atom stereocenters. The number of benzene rings is 1. The molecule has 5 N–H and O–H groups in total. The largest absolute Gasteiger partial charge is 0.493 e. The van der Waals surface area contributed by atoms with E-state index in [-0.39, 0.29) is 24.5 Å². The topological polar surface area (TPSA) is 129 Å². The van der Waals surface area contributed by atoms with Crippen molar-refractivity contribution in [3.8, 4) is 17.2 Å². The number of fused-ring (bicyclic) bond motifs is 1. The Bertz CT molecular complexity index is 928. The van der Waals surface area contributed by atoms with Gasteiger partial charge in [-0.15, -0.1) is 0 Å². The highest BCUT2D eigenvalue weighted by molar-refractivity contribution is 6.01. The van der Waals surface area contributed by atoms with Crippen LogP contribution >= 0.6 is 0 Å². The van der Waals surface area contributed by atoms with E-state index in [9.17, 15) is 13.2 Å². The van der Waals surface area contributed by atoms with Crippen molar-refractivity contribution in [2.75, 3.05) is 19.2 Å². The van der Waals surface area contributed by atoms with Crippen LogP contribution in [0.4, 0.5) is 24.7 Å². The minimum Gasteiger partial charge on any atom is -0.493 e. The van der Waals surface area contributed by atoms with Crippen LogP contribution in [0.5, 0.6) is 17.2 Å². The number of alkyl halides is 3. The van der Waals surface area contributed by atoms with Crippen molar-refractivity contribution in [1.29, 1.82) is 0 Å². The summed E-state index contributed by atoms with van der Waals surface area (Å²) >= 11 is 0. The molecule has 0 saturated heterocycles. The maximum atomic E-state index is 12.5. The summed E-state index contributed by atoms with van der Waals surface area (Å²) in [6, 6.07) is 5.14. The smallest absolute Gasteiger partial charge is 0.417 e. The molecule has 2 aromatic rings. The molecule has 0 amide bonds. The fraction of sp³-hybridized carbons (Fsp3) is 0.188. The number of guanidine groups is 2. The number of pyridine rings is 1. The number of aromatic nitrogens is 1. The Kier molecular flexibility index (Phi) is 5.11. The van der Waals surface area contributed by atoms with Crippen molar-refractivity contribution in [2.45, 2.75) is 6.18 Å². The number of methoxy groups -OCH3 is 1. The molecule has 0 fully saturated rings. The van der Waals surface area contributed by atoms with Crippen LogP contribution in [0, 0.1) is 0 Å². The lowest BCUT2D eigenvalue weighted by Crippen LogP contribution is -2.26. The van der Waals surface area contributed by atoms with Crippen LogP contribution < -0.4 is 31.0 Å². The number of hydrogen-bond acceptors (Lipinski definition) is 5. The highest BCUT2D eigenvalue weighted by atomic mass is 19.4. The molecule has 0 bridgehead atoms. The summed E-state index contributed by atoms with van der Waals surface area (Å²) in [5, 5.41) is 2.77. The summed E-state index contributed by atoms with van der Waals surface area (Å²) in [5.74, 6) is 0.898. The molecule has 9 nitrogen and oxygen atoms in total. The monoisotopic (exact) mass is 396 g/mol. The van der Waals surface area contributed by atoms with Gasteiger partial charge in [-0.3, -0.25) is 0 Å². The quantitative estimate of drug-likeness (QED) is 0.536. The van der Waals surface area contributed by atoms with Gasteiger partial charge in [0.2, 0.25) is 24.5 Å². The second-order valence-corrected chi connectivity index (χ2v) is 5.41. The van der Waals surface area contributed by atoms with Crippen LogP contribution in [-0.2, 0) is 6.18 Å². The van der Waals surface area contributed by atoms with Gasteiger partial charge in [-0.05, 0) is 12.1 Å². The summed E-state index contributed by atoms with van der Waals surface area (Å²) in [7, 11) is 1.47. The average Bonchev–Trinajstić information content (AvgIpc) is 3.09. The lowest BCUT2D eigenvalue weighted by atomic mass is 10.2. The van der Waals surface area contributed by atoms with E-state index >= 15 is 0 Å². The van der Waals surface area contributed by atoms with Gasteiger partial charge in [0.25, 0.3) is 0 Å². The number of nitrogens with zero attached hydrogens (tertiary/aromatic N) is 3. The lowest BCUT2D eigenvalue weighted by molar-refractivity contribution is -0.137. The molecular weight excluding hydrogens is 381 g/mol. The number of ether oxygens (including phenoxy) is 3. The molecule has 0 unspecified atom stereocenters. The number of aliphatic imine (C=N–C) groups is 2. The Morgan fingerprint density at radius 3 is 2.68 bits per heavy atom. The highest BCUT2D eigenvalue weighted by Gasteiger charge is 2.30. The average molecular weight is 396 g/mol. The lowest BCUT2D eigenvalue weighted by Gasteiger charge is -2.09. The molecule has 28 heavy (non-hydrogen) atoms. The van der Waals surface area contributed by atoms with Crippen LogP contribution in [0.15, 0.2) is 40.4 Å². The maximum Gasteiger partial charge on any atom is 0.417 e. The second kappa shape index (κ2) is 7.50. The molecule has 2 heterocycles. The number of nitrogens with one attached hydrogen (secondary N) is 1. The summed E-state index contributed by atoms with van der Waals surface area (Å²) in [4.78, 5) is 11.2. The summed E-state index contributed by atoms with van der Waals surface area (Å²) < 4.78 is 53.4. The molecular formula is C16H15F3N6O3. The summed E-state index contributed by atoms with van der Waals surface area (Å²) in [6.07, 6.45) is -3.84. The molecule has 1 aromatic carbocycles. The molecule has 0 spiro atoms. The van der Waals surface area contributed by atoms with Gasteiger partial charge < -0.3 is 31.0 Å². The Morgan fingerprint density at radius 2 is 2.04 bits per heavy atom. The van der Waals surface area contributed by atoms with Crippen molar-refractivity contribution >= 4 is 23.4 Å². The Labute approximate surface area is 156 Å². The third kappa shape index (κ3) is 4.34. The van der Waals surface area contributed by atoms with Gasteiger partial charge in [-0.2, -0.15) is 23.2 Å². The first-order chi connectivity index (χ1) is 13.3. The molecule has 3 rings (SSSR count). The summed E-state index contributed by atoms with van der Waals surface area (Å²) in [6.45, 7) is 0.0679. The maximum absolute atomic E-state index is 12.5. The fourth-order valence-electron chi connectivity index (χ4n) is 2.26. The van der Waals surface area contributed by atoms with Crippen molar-refractivity contribution in [3.05, 3.63) is 36.0 Å². The summed E-state index contributed by atoms with van der Waals surface area (Å²) in [5.41, 5.74) is 11.0. The fourth-order valence-corrected chi connectivity index (χ4v) is 2.26. The van der Waals surface area contributed by atoms with Crippen LogP contribution in [0.1, 0.15) is 5.56 Å². The molecule has 1 aromatic heterocycles. The van der Waals surface area contributed by atoms with E-state index in [0.717, 1.165) is 12.1 Å². The molecule has 1 aliphatic rings. The minimum atomic E-state index is -4.49. The minimum absolute atomic E-state index is 0.0493. The Morgan fingerprint density at radius 1 is 1.25 bits per heavy atom. The predicted octanol–water partition coefficient (Wildman–Crippen LogP) is 2.21. The molecule has 0 saturated carbocycles. The van der Waals surface area contributed by atoms with E-state index in [1.54, 1.807) is 12.1 Å². The number of rotatable bonds is 3. The van der Waals surface area contributed by atoms with E-state index < -0.39 is 11.7 Å². The van der Waals surface area contributed by atoms with Gasteiger partial charge >= 0.3 is 6.18 Å². The van der Waals surface area contributed by atoms with Crippen LogP contribution in [0.25, 0.3) is 0 Å². The van der Waals surface area contributed by atoms with Gasteiger partial charge in [-0.25, -0.2) is 4.98 Å². The predicted molar refractivity (Wildman–Crippen MR) is 94.9 cm³/mol. The van der Waals surface area contributed by atoms with E-state index in [1.807, 2.05) is 0 Å². The zero-order valence-electron chi connectivity index (χ0n) is 14.4. The highest BCUT2D eigenvalue weighted by Crippen LogP contribution is 2.43. The van der Waals surface area contributed by atoms with E-state index in [2.05, 4.69) is 20.3 Å². The number of anilines is 1. The molecule has 0 radical (unpaired) electrons. The SMILES string of the molecule is COc1cc(NC(N)=NC(N)=Nc2ccc(C(F)(F)F)cn2)cc2c1OCO2. The first kappa shape index (κ1) is 19.1. The van der Waals surface area contributed by atoms with Crippen LogP contribution in [0.2, 0.25) is 0 Å². The standard InChI is InChI=1S/C16H15F3N6O3/c1-26-10-4-9(5-11-13(10)28-7-27-11)23-14(20)25-15(21)24-12-3-2-8(6-22-12)16(17,18)19/h2-6H,7H2,1H3,(H5,20,21,22,23,24,25). The van der Waals surface area contributed by atoms with Gasteiger partial charge in [0.05, 0.1) is 12.7 Å². The molecule has 1 aliphatic heterocycles. The zero-order chi connectivity index (χ0) is 20.3. The van der Waals surface area contributed by atoms with Crippen molar-refractivity contribution in [2.24, 2.45) is 21.5 Å². The Hall–Kier alpha value is -3.70.